The third kappa shape index (κ3) is 0.758. The van der Waals surface area contributed by atoms with Gasteiger partial charge in [0.05, 0.1) is 5.60 Å². The largest absolute Gasteiger partial charge is 0.389 e. The van der Waals surface area contributed by atoms with Gasteiger partial charge in [0.1, 0.15) is 5.78 Å². The molecule has 78 valence electrons. The molecule has 3 fully saturated rings. The number of aliphatic hydroxyl groups is 1. The zero-order chi connectivity index (χ0) is 9.97. The Bertz CT molecular complexity index is 299. The molecule has 0 aromatic heterocycles. The van der Waals surface area contributed by atoms with Gasteiger partial charge in [-0.15, -0.1) is 0 Å². The van der Waals surface area contributed by atoms with Crippen LogP contribution in [0.4, 0.5) is 0 Å². The maximum absolute atomic E-state index is 11.9. The highest BCUT2D eigenvalue weighted by Gasteiger charge is 2.66. The van der Waals surface area contributed by atoms with Gasteiger partial charge in [-0.05, 0) is 31.6 Å². The fourth-order valence-corrected chi connectivity index (χ4v) is 4.39. The van der Waals surface area contributed by atoms with E-state index in [1.54, 1.807) is 0 Å². The lowest BCUT2D eigenvalue weighted by Crippen LogP contribution is -2.58. The Morgan fingerprint density at radius 1 is 1.36 bits per heavy atom. The van der Waals surface area contributed by atoms with Crippen molar-refractivity contribution in [3.63, 3.8) is 0 Å². The van der Waals surface area contributed by atoms with Gasteiger partial charge in [-0.25, -0.2) is 0 Å². The van der Waals surface area contributed by atoms with Crippen LogP contribution in [-0.4, -0.2) is 16.5 Å². The van der Waals surface area contributed by atoms with E-state index in [1.807, 2.05) is 0 Å². The highest BCUT2D eigenvalue weighted by molar-refractivity contribution is 5.84. The minimum atomic E-state index is -0.634. The van der Waals surface area contributed by atoms with E-state index in [-0.39, 0.29) is 11.3 Å². The monoisotopic (exact) mass is 194 g/mol. The van der Waals surface area contributed by atoms with E-state index in [4.69, 9.17) is 0 Å². The lowest BCUT2D eigenvalue weighted by Gasteiger charge is -2.54. The third-order valence-corrected chi connectivity index (χ3v) is 5.37. The van der Waals surface area contributed by atoms with Crippen molar-refractivity contribution < 1.29 is 9.90 Å². The molecule has 0 aromatic carbocycles. The summed E-state index contributed by atoms with van der Waals surface area (Å²) in [5.41, 5.74) is -0.574. The molecule has 2 heteroatoms. The molecule has 0 aliphatic heterocycles. The molecular weight excluding hydrogens is 176 g/mol. The number of hydrogen-bond donors (Lipinski definition) is 1. The van der Waals surface area contributed by atoms with Crippen LogP contribution >= 0.6 is 0 Å². The van der Waals surface area contributed by atoms with Gasteiger partial charge in [-0.1, -0.05) is 13.3 Å². The molecule has 0 heterocycles. The van der Waals surface area contributed by atoms with Gasteiger partial charge in [-0.3, -0.25) is 4.79 Å². The molecule has 0 saturated heterocycles. The molecule has 0 radical (unpaired) electrons. The molecule has 3 aliphatic carbocycles. The van der Waals surface area contributed by atoms with E-state index in [0.717, 1.165) is 38.5 Å². The minimum absolute atomic E-state index is 0.0240. The topological polar surface area (TPSA) is 37.3 Å². The summed E-state index contributed by atoms with van der Waals surface area (Å²) < 4.78 is 0. The molecule has 0 amide bonds. The van der Waals surface area contributed by atoms with Crippen molar-refractivity contribution in [3.8, 4) is 0 Å². The molecule has 14 heavy (non-hydrogen) atoms. The van der Waals surface area contributed by atoms with E-state index in [0.29, 0.717) is 11.7 Å². The van der Waals surface area contributed by atoms with Crippen LogP contribution in [0.2, 0.25) is 0 Å². The normalized spacial score (nSPS) is 56.3. The molecule has 1 N–H and O–H groups in total. The number of ketones is 1. The van der Waals surface area contributed by atoms with Gasteiger partial charge in [0.15, 0.2) is 0 Å². The smallest absolute Gasteiger partial charge is 0.139 e. The van der Waals surface area contributed by atoms with Crippen molar-refractivity contribution in [2.24, 2.45) is 17.3 Å². The van der Waals surface area contributed by atoms with Crippen molar-refractivity contribution in [1.82, 2.24) is 0 Å². The van der Waals surface area contributed by atoms with Crippen LogP contribution in [0.15, 0.2) is 0 Å². The van der Waals surface area contributed by atoms with E-state index in [9.17, 15) is 9.90 Å². The van der Waals surface area contributed by atoms with Crippen molar-refractivity contribution in [2.45, 2.75) is 51.0 Å². The predicted molar refractivity (Wildman–Crippen MR) is 52.7 cm³/mol. The molecule has 3 rings (SSSR count). The fourth-order valence-electron chi connectivity index (χ4n) is 4.39. The summed E-state index contributed by atoms with van der Waals surface area (Å²) in [5.74, 6) is 0.781. The van der Waals surface area contributed by atoms with Crippen molar-refractivity contribution in [3.05, 3.63) is 0 Å². The van der Waals surface area contributed by atoms with Gasteiger partial charge in [-0.2, -0.15) is 0 Å². The summed E-state index contributed by atoms with van der Waals surface area (Å²) in [6.07, 6.45) is 5.85. The quantitative estimate of drug-likeness (QED) is 0.639. The first-order chi connectivity index (χ1) is 6.58. The average Bonchev–Trinajstić information content (AvgIpc) is 2.30. The number of carbonyl (C=O) groups excluding carboxylic acids is 1. The highest BCUT2D eigenvalue weighted by atomic mass is 16.3. The van der Waals surface area contributed by atoms with Crippen LogP contribution in [-0.2, 0) is 4.79 Å². The molecule has 0 spiro atoms. The molecule has 4 atom stereocenters. The second kappa shape index (κ2) is 2.41. The first kappa shape index (κ1) is 8.90. The van der Waals surface area contributed by atoms with E-state index < -0.39 is 5.60 Å². The van der Waals surface area contributed by atoms with Gasteiger partial charge >= 0.3 is 0 Å². The first-order valence-corrected chi connectivity index (χ1v) is 5.83. The fraction of sp³-hybridized carbons (Fsp3) is 0.917. The summed E-state index contributed by atoms with van der Waals surface area (Å²) in [4.78, 5) is 11.9. The van der Waals surface area contributed by atoms with Gasteiger partial charge in [0.25, 0.3) is 0 Å². The van der Waals surface area contributed by atoms with Gasteiger partial charge in [0.2, 0.25) is 0 Å². The van der Waals surface area contributed by atoms with Crippen LogP contribution in [0.1, 0.15) is 45.4 Å². The van der Waals surface area contributed by atoms with Crippen LogP contribution in [0.3, 0.4) is 0 Å². The SMILES string of the molecule is CC12CCC3C(=O)CC1CCCC32O. The minimum Gasteiger partial charge on any atom is -0.389 e. The lowest BCUT2D eigenvalue weighted by molar-refractivity contribution is -0.174. The number of rotatable bonds is 0. The van der Waals surface area contributed by atoms with Crippen molar-refractivity contribution in [1.29, 1.82) is 0 Å². The molecular formula is C12H18O2. The van der Waals surface area contributed by atoms with Crippen molar-refractivity contribution >= 4 is 5.78 Å². The Kier molecular flexibility index (Phi) is 1.53. The average molecular weight is 194 g/mol. The Morgan fingerprint density at radius 2 is 2.14 bits per heavy atom. The van der Waals surface area contributed by atoms with Crippen LogP contribution < -0.4 is 0 Å². The van der Waals surface area contributed by atoms with E-state index >= 15 is 0 Å². The van der Waals surface area contributed by atoms with Crippen LogP contribution in [0.5, 0.6) is 0 Å². The van der Waals surface area contributed by atoms with Crippen molar-refractivity contribution in [2.75, 3.05) is 0 Å². The highest BCUT2D eigenvalue weighted by Crippen LogP contribution is 2.64. The Balaban J connectivity index is 2.12. The zero-order valence-corrected chi connectivity index (χ0v) is 8.75. The third-order valence-electron chi connectivity index (χ3n) is 5.37. The van der Waals surface area contributed by atoms with E-state index in [1.165, 1.54) is 0 Å². The Hall–Kier alpha value is -0.370. The maximum atomic E-state index is 11.9. The summed E-state index contributed by atoms with van der Waals surface area (Å²) in [6.45, 7) is 2.21. The number of carbonyl (C=O) groups is 1. The second-order valence-corrected chi connectivity index (χ2v) is 5.69. The maximum Gasteiger partial charge on any atom is 0.139 e. The standard InChI is InChI=1S/C12H18O2/c1-11-6-4-9-10(13)7-8(11)3-2-5-12(9,11)14/h8-9,14H,2-7H2,1H3. The summed E-state index contributed by atoms with van der Waals surface area (Å²) in [6, 6.07) is 0. The molecule has 3 aliphatic rings. The van der Waals surface area contributed by atoms with Crippen LogP contribution in [0, 0.1) is 17.3 Å². The molecule has 4 unspecified atom stereocenters. The number of hydrogen-bond acceptors (Lipinski definition) is 2. The first-order valence-electron chi connectivity index (χ1n) is 5.83. The van der Waals surface area contributed by atoms with E-state index in [2.05, 4.69) is 6.92 Å². The summed E-state index contributed by atoms with van der Waals surface area (Å²) >= 11 is 0. The predicted octanol–water partition coefficient (Wildman–Crippen LogP) is 1.91. The summed E-state index contributed by atoms with van der Waals surface area (Å²) in [5, 5.41) is 10.7. The lowest BCUT2D eigenvalue weighted by atomic mass is 9.53. The Labute approximate surface area is 84.7 Å². The summed E-state index contributed by atoms with van der Waals surface area (Å²) in [7, 11) is 0. The second-order valence-electron chi connectivity index (χ2n) is 5.69. The van der Waals surface area contributed by atoms with Crippen LogP contribution in [0.25, 0.3) is 0 Å². The zero-order valence-electron chi connectivity index (χ0n) is 8.75. The van der Waals surface area contributed by atoms with Gasteiger partial charge < -0.3 is 5.11 Å². The molecule has 2 nitrogen and oxygen atoms in total. The number of Topliss-reactive ketones (excluding diaryl/α,β-unsaturated/α-hetero) is 1. The molecule has 3 saturated carbocycles. The molecule has 4 bridgehead atoms. The molecule has 0 aromatic rings. The Morgan fingerprint density at radius 3 is 2.93 bits per heavy atom. The van der Waals surface area contributed by atoms with Gasteiger partial charge in [0, 0.05) is 17.8 Å².